The van der Waals surface area contributed by atoms with E-state index in [9.17, 15) is 0 Å². The summed E-state index contributed by atoms with van der Waals surface area (Å²) >= 11 is 5.91. The van der Waals surface area contributed by atoms with Crippen LogP contribution in [0.5, 0.6) is 0 Å². The molecule has 1 heterocycles. The molecule has 0 radical (unpaired) electrons. The normalized spacial score (nSPS) is 15.8. The smallest absolute Gasteiger partial charge is 0.0815 e. The molecule has 1 aromatic rings. The Kier molecular flexibility index (Phi) is 3.33. The number of aromatic nitrogens is 2. The van der Waals surface area contributed by atoms with Crippen molar-refractivity contribution in [3.63, 3.8) is 0 Å². The summed E-state index contributed by atoms with van der Waals surface area (Å²) in [6.07, 6.45) is 1.85. The van der Waals surface area contributed by atoms with Crippen LogP contribution in [0.2, 0.25) is 5.02 Å². The first-order valence-corrected chi connectivity index (χ1v) is 4.85. The van der Waals surface area contributed by atoms with Gasteiger partial charge < -0.3 is 5.73 Å². The number of hydrogen-bond donors (Lipinski definition) is 1. The van der Waals surface area contributed by atoms with Crippen molar-refractivity contribution in [2.75, 3.05) is 6.54 Å². The monoisotopic (exact) mass is 201 g/mol. The average Bonchev–Trinajstić information content (AvgIpc) is 2.44. The highest BCUT2D eigenvalue weighted by Gasteiger charge is 2.14. The fraction of sp³-hybridized carbons (Fsp3) is 0.667. The maximum absolute atomic E-state index is 5.91. The van der Waals surface area contributed by atoms with Crippen LogP contribution in [0.4, 0.5) is 0 Å². The SMILES string of the molecule is Cc1nn(C(C)C(C)CN)cc1Cl. The first kappa shape index (κ1) is 10.5. The predicted molar refractivity (Wildman–Crippen MR) is 54.9 cm³/mol. The van der Waals surface area contributed by atoms with Crippen molar-refractivity contribution in [3.8, 4) is 0 Å². The standard InChI is InChI=1S/C9H16ClN3/c1-6(4-11)8(3)13-5-9(10)7(2)12-13/h5-6,8H,4,11H2,1-3H3. The van der Waals surface area contributed by atoms with Gasteiger partial charge in [0.15, 0.2) is 0 Å². The number of nitrogens with zero attached hydrogens (tertiary/aromatic N) is 2. The van der Waals surface area contributed by atoms with Gasteiger partial charge in [0.2, 0.25) is 0 Å². The Morgan fingerprint density at radius 1 is 1.62 bits per heavy atom. The van der Waals surface area contributed by atoms with Gasteiger partial charge in [0.25, 0.3) is 0 Å². The molecule has 0 fully saturated rings. The quantitative estimate of drug-likeness (QED) is 0.813. The van der Waals surface area contributed by atoms with Crippen LogP contribution in [0.15, 0.2) is 6.20 Å². The summed E-state index contributed by atoms with van der Waals surface area (Å²) in [4.78, 5) is 0. The van der Waals surface area contributed by atoms with E-state index < -0.39 is 0 Å². The molecule has 0 bridgehead atoms. The zero-order chi connectivity index (χ0) is 10.0. The lowest BCUT2D eigenvalue weighted by molar-refractivity contribution is 0.357. The molecule has 3 nitrogen and oxygen atoms in total. The van der Waals surface area contributed by atoms with E-state index in [0.717, 1.165) is 10.7 Å². The Bertz CT molecular complexity index is 263. The Morgan fingerprint density at radius 3 is 2.62 bits per heavy atom. The summed E-state index contributed by atoms with van der Waals surface area (Å²) in [5.74, 6) is 0.412. The van der Waals surface area contributed by atoms with Crippen molar-refractivity contribution in [2.45, 2.75) is 26.8 Å². The maximum atomic E-state index is 5.91. The second kappa shape index (κ2) is 4.11. The first-order valence-electron chi connectivity index (χ1n) is 4.47. The van der Waals surface area contributed by atoms with Crippen LogP contribution >= 0.6 is 11.6 Å². The number of hydrogen-bond acceptors (Lipinski definition) is 2. The summed E-state index contributed by atoms with van der Waals surface area (Å²) in [6.45, 7) is 6.77. The number of aryl methyl sites for hydroxylation is 1. The molecule has 0 aliphatic carbocycles. The molecule has 0 saturated carbocycles. The molecule has 2 unspecified atom stereocenters. The molecule has 4 heteroatoms. The Labute approximate surface area is 83.9 Å². The molecule has 1 rings (SSSR count). The lowest BCUT2D eigenvalue weighted by atomic mass is 10.1. The van der Waals surface area contributed by atoms with Crippen LogP contribution in [0.3, 0.4) is 0 Å². The third-order valence-corrected chi connectivity index (χ3v) is 2.84. The van der Waals surface area contributed by atoms with Gasteiger partial charge in [-0.2, -0.15) is 5.10 Å². The van der Waals surface area contributed by atoms with Crippen LogP contribution in [0.1, 0.15) is 25.6 Å². The molecule has 0 saturated heterocycles. The van der Waals surface area contributed by atoms with E-state index in [-0.39, 0.29) is 0 Å². The van der Waals surface area contributed by atoms with Crippen LogP contribution < -0.4 is 5.73 Å². The molecule has 2 N–H and O–H groups in total. The van der Waals surface area contributed by atoms with E-state index in [4.69, 9.17) is 17.3 Å². The van der Waals surface area contributed by atoms with Gasteiger partial charge in [0.1, 0.15) is 0 Å². The van der Waals surface area contributed by atoms with E-state index >= 15 is 0 Å². The van der Waals surface area contributed by atoms with Gasteiger partial charge in [-0.1, -0.05) is 18.5 Å². The lowest BCUT2D eigenvalue weighted by Gasteiger charge is -2.18. The van der Waals surface area contributed by atoms with Crippen LogP contribution in [-0.2, 0) is 0 Å². The second-order valence-corrected chi connectivity index (χ2v) is 3.90. The highest BCUT2D eigenvalue weighted by Crippen LogP contribution is 2.20. The molecule has 13 heavy (non-hydrogen) atoms. The third-order valence-electron chi connectivity index (χ3n) is 2.47. The summed E-state index contributed by atoms with van der Waals surface area (Å²) < 4.78 is 1.88. The summed E-state index contributed by atoms with van der Waals surface area (Å²) in [7, 11) is 0. The summed E-state index contributed by atoms with van der Waals surface area (Å²) in [5.41, 5.74) is 6.45. The van der Waals surface area contributed by atoms with Gasteiger partial charge in [0.05, 0.1) is 16.8 Å². The summed E-state index contributed by atoms with van der Waals surface area (Å²) in [6, 6.07) is 0.302. The largest absolute Gasteiger partial charge is 0.330 e. The molecular weight excluding hydrogens is 186 g/mol. The van der Waals surface area contributed by atoms with Gasteiger partial charge in [-0.3, -0.25) is 4.68 Å². The number of halogens is 1. The Hall–Kier alpha value is -0.540. The Morgan fingerprint density at radius 2 is 2.23 bits per heavy atom. The lowest BCUT2D eigenvalue weighted by Crippen LogP contribution is -2.22. The predicted octanol–water partition coefficient (Wildman–Crippen LogP) is 2.00. The van der Waals surface area contributed by atoms with Gasteiger partial charge in [0, 0.05) is 6.20 Å². The summed E-state index contributed by atoms with van der Waals surface area (Å²) in [5, 5.41) is 5.03. The zero-order valence-corrected chi connectivity index (χ0v) is 9.04. The van der Waals surface area contributed by atoms with Gasteiger partial charge in [-0.25, -0.2) is 0 Å². The highest BCUT2D eigenvalue weighted by molar-refractivity contribution is 6.31. The van der Waals surface area contributed by atoms with E-state index in [2.05, 4.69) is 18.9 Å². The molecule has 1 aromatic heterocycles. The molecule has 0 amide bonds. The average molecular weight is 202 g/mol. The van der Waals surface area contributed by atoms with E-state index in [0.29, 0.717) is 18.5 Å². The van der Waals surface area contributed by atoms with Gasteiger partial charge >= 0.3 is 0 Å². The first-order chi connectivity index (χ1) is 6.06. The highest BCUT2D eigenvalue weighted by atomic mass is 35.5. The second-order valence-electron chi connectivity index (χ2n) is 3.50. The molecule has 0 spiro atoms. The van der Waals surface area contributed by atoms with Crippen LogP contribution in [-0.4, -0.2) is 16.3 Å². The minimum absolute atomic E-state index is 0.302. The minimum Gasteiger partial charge on any atom is -0.330 e. The molecular formula is C9H16ClN3. The molecule has 0 aromatic carbocycles. The van der Waals surface area contributed by atoms with Gasteiger partial charge in [-0.05, 0) is 26.3 Å². The fourth-order valence-corrected chi connectivity index (χ4v) is 1.26. The van der Waals surface area contributed by atoms with Crippen LogP contribution in [0.25, 0.3) is 0 Å². The number of rotatable bonds is 3. The van der Waals surface area contributed by atoms with Gasteiger partial charge in [-0.15, -0.1) is 0 Å². The van der Waals surface area contributed by atoms with Crippen molar-refractivity contribution in [1.82, 2.24) is 9.78 Å². The number of nitrogens with two attached hydrogens (primary N) is 1. The maximum Gasteiger partial charge on any atom is 0.0815 e. The van der Waals surface area contributed by atoms with Crippen molar-refractivity contribution < 1.29 is 0 Å². The Balaban J connectivity index is 2.82. The zero-order valence-electron chi connectivity index (χ0n) is 8.29. The van der Waals surface area contributed by atoms with Crippen LogP contribution in [0, 0.1) is 12.8 Å². The van der Waals surface area contributed by atoms with Crippen molar-refractivity contribution in [3.05, 3.63) is 16.9 Å². The van der Waals surface area contributed by atoms with Crippen molar-refractivity contribution in [1.29, 1.82) is 0 Å². The van der Waals surface area contributed by atoms with E-state index in [1.807, 2.05) is 17.8 Å². The van der Waals surface area contributed by atoms with E-state index in [1.54, 1.807) is 0 Å². The fourth-order valence-electron chi connectivity index (χ4n) is 1.13. The third kappa shape index (κ3) is 2.23. The van der Waals surface area contributed by atoms with Crippen molar-refractivity contribution >= 4 is 11.6 Å². The molecule has 74 valence electrons. The van der Waals surface area contributed by atoms with Crippen molar-refractivity contribution in [2.24, 2.45) is 11.7 Å². The topological polar surface area (TPSA) is 43.8 Å². The molecule has 2 atom stereocenters. The molecule has 0 aliphatic heterocycles. The minimum atomic E-state index is 0.302. The van der Waals surface area contributed by atoms with E-state index in [1.165, 1.54) is 0 Å². The molecule has 0 aliphatic rings.